The van der Waals surface area contributed by atoms with Crippen LogP contribution < -0.4 is 0 Å². The molecule has 1 aromatic heterocycles. The molecule has 1 aromatic rings. The van der Waals surface area contributed by atoms with Gasteiger partial charge in [-0.15, -0.1) is 0 Å². The first kappa shape index (κ1) is 12.4. The van der Waals surface area contributed by atoms with Gasteiger partial charge in [0.2, 0.25) is 0 Å². The number of aryl methyl sites for hydroxylation is 1. The Kier molecular flexibility index (Phi) is 3.31. The zero-order valence-corrected chi connectivity index (χ0v) is 12.3. The molecule has 3 rings (SSSR count). The van der Waals surface area contributed by atoms with E-state index >= 15 is 0 Å². The largest absolute Gasteiger partial charge is 0.292 e. The summed E-state index contributed by atoms with van der Waals surface area (Å²) in [5.74, 6) is 1.95. The second-order valence-corrected chi connectivity index (χ2v) is 6.42. The lowest BCUT2D eigenvalue weighted by atomic mass is 10.0. The molecule has 0 bridgehead atoms. The van der Waals surface area contributed by atoms with Gasteiger partial charge in [-0.2, -0.15) is 5.10 Å². The summed E-state index contributed by atoms with van der Waals surface area (Å²) in [7, 11) is 0. The van der Waals surface area contributed by atoms with Crippen molar-refractivity contribution in [2.45, 2.75) is 45.6 Å². The van der Waals surface area contributed by atoms with Gasteiger partial charge >= 0.3 is 0 Å². The smallest absolute Gasteiger partial charge is 0.185 e. The van der Waals surface area contributed by atoms with Gasteiger partial charge in [0.1, 0.15) is 5.69 Å². The van der Waals surface area contributed by atoms with Crippen LogP contribution in [0.15, 0.2) is 10.7 Å². The van der Waals surface area contributed by atoms with Crippen LogP contribution in [0.5, 0.6) is 0 Å². The minimum Gasteiger partial charge on any atom is -0.292 e. The van der Waals surface area contributed by atoms with Crippen LogP contribution in [0.3, 0.4) is 0 Å². The van der Waals surface area contributed by atoms with Crippen molar-refractivity contribution in [3.8, 4) is 0 Å². The van der Waals surface area contributed by atoms with Gasteiger partial charge in [-0.3, -0.25) is 9.48 Å². The fourth-order valence-electron chi connectivity index (χ4n) is 3.53. The van der Waals surface area contributed by atoms with Gasteiger partial charge in [0.15, 0.2) is 5.78 Å². The van der Waals surface area contributed by atoms with Gasteiger partial charge in [0.25, 0.3) is 0 Å². The molecule has 3 nitrogen and oxygen atoms in total. The first-order valence-electron chi connectivity index (χ1n) is 6.99. The lowest BCUT2D eigenvalue weighted by molar-refractivity contribution is 0.0944. The van der Waals surface area contributed by atoms with Crippen LogP contribution in [0.25, 0.3) is 0 Å². The third-order valence-electron chi connectivity index (χ3n) is 4.42. The highest BCUT2D eigenvalue weighted by molar-refractivity contribution is 9.10. The number of ketones is 1. The van der Waals surface area contributed by atoms with E-state index in [4.69, 9.17) is 0 Å². The molecule has 2 aliphatic rings. The molecule has 4 heteroatoms. The number of fused-ring (bicyclic) bond motifs is 1. The quantitative estimate of drug-likeness (QED) is 0.795. The Morgan fingerprint density at radius 3 is 2.72 bits per heavy atom. The van der Waals surface area contributed by atoms with Crippen molar-refractivity contribution in [3.63, 3.8) is 0 Å². The second kappa shape index (κ2) is 4.80. The van der Waals surface area contributed by atoms with E-state index in [0.29, 0.717) is 17.6 Å². The van der Waals surface area contributed by atoms with E-state index in [1.165, 1.54) is 25.7 Å². The first-order valence-corrected chi connectivity index (χ1v) is 7.79. The van der Waals surface area contributed by atoms with Crippen LogP contribution in [0.4, 0.5) is 0 Å². The molecule has 2 saturated carbocycles. The van der Waals surface area contributed by atoms with E-state index in [-0.39, 0.29) is 5.92 Å². The normalized spacial score (nSPS) is 30.0. The molecule has 2 atom stereocenters. The van der Waals surface area contributed by atoms with E-state index in [1.54, 1.807) is 6.20 Å². The van der Waals surface area contributed by atoms with Gasteiger partial charge in [-0.05, 0) is 47.0 Å². The number of Topliss-reactive ketones (excluding diaryl/α,β-unsaturated/α-hetero) is 1. The van der Waals surface area contributed by atoms with Gasteiger partial charge < -0.3 is 0 Å². The lowest BCUT2D eigenvalue weighted by Crippen LogP contribution is -2.14. The predicted octanol–water partition coefficient (Wildman–Crippen LogP) is 3.67. The number of carbonyl (C=O) groups excluding carboxylic acids is 1. The summed E-state index contributed by atoms with van der Waals surface area (Å²) in [5, 5.41) is 4.30. The van der Waals surface area contributed by atoms with Crippen molar-refractivity contribution in [2.75, 3.05) is 0 Å². The topological polar surface area (TPSA) is 34.9 Å². The molecule has 0 saturated heterocycles. The van der Waals surface area contributed by atoms with Crippen molar-refractivity contribution in [2.24, 2.45) is 17.8 Å². The van der Waals surface area contributed by atoms with Crippen LogP contribution >= 0.6 is 15.9 Å². The average Bonchev–Trinajstić information content (AvgIpc) is 3.00. The molecule has 1 heterocycles. The molecular formula is C14H19BrN2O. The Bertz CT molecular complexity index is 456. The molecule has 0 N–H and O–H groups in total. The Morgan fingerprint density at radius 2 is 2.11 bits per heavy atom. The summed E-state index contributed by atoms with van der Waals surface area (Å²) in [6.45, 7) is 2.94. The highest BCUT2D eigenvalue weighted by Gasteiger charge is 2.55. The van der Waals surface area contributed by atoms with Crippen molar-refractivity contribution in [3.05, 3.63) is 16.4 Å². The summed E-state index contributed by atoms with van der Waals surface area (Å²) in [6.07, 6.45) is 7.88. The molecule has 0 aromatic carbocycles. The van der Waals surface area contributed by atoms with Crippen LogP contribution in [-0.4, -0.2) is 15.6 Å². The fraction of sp³-hybridized carbons (Fsp3) is 0.714. The maximum atomic E-state index is 12.7. The third-order valence-corrected chi connectivity index (χ3v) is 5.00. The molecule has 2 fully saturated rings. The highest BCUT2D eigenvalue weighted by atomic mass is 79.9. The monoisotopic (exact) mass is 310 g/mol. The van der Waals surface area contributed by atoms with E-state index in [1.807, 2.05) is 4.68 Å². The minimum atomic E-state index is 0.288. The first-order chi connectivity index (χ1) is 8.74. The molecule has 98 valence electrons. The summed E-state index contributed by atoms with van der Waals surface area (Å²) in [5.41, 5.74) is 0.802. The molecule has 18 heavy (non-hydrogen) atoms. The lowest BCUT2D eigenvalue weighted by Gasteiger charge is -2.05. The second-order valence-electron chi connectivity index (χ2n) is 5.57. The van der Waals surface area contributed by atoms with Crippen molar-refractivity contribution in [1.82, 2.24) is 9.78 Å². The maximum absolute atomic E-state index is 12.7. The third kappa shape index (κ3) is 1.94. The Labute approximate surface area is 116 Å². The summed E-state index contributed by atoms with van der Waals surface area (Å²) in [4.78, 5) is 12.7. The molecule has 0 radical (unpaired) electrons. The van der Waals surface area contributed by atoms with Gasteiger partial charge in [-0.25, -0.2) is 0 Å². The van der Waals surface area contributed by atoms with E-state index < -0.39 is 0 Å². The number of rotatable bonds is 4. The maximum Gasteiger partial charge on any atom is 0.185 e. The zero-order valence-electron chi connectivity index (χ0n) is 10.7. The Balaban J connectivity index is 1.82. The van der Waals surface area contributed by atoms with E-state index in [9.17, 15) is 4.79 Å². The van der Waals surface area contributed by atoms with Crippen LogP contribution in [0, 0.1) is 17.8 Å². The number of halogens is 1. The molecular weight excluding hydrogens is 292 g/mol. The highest BCUT2D eigenvalue weighted by Crippen LogP contribution is 2.56. The molecule has 0 amide bonds. The SMILES string of the molecule is CCCn1ncc(Br)c1C(=O)C1C2CCCCC21. The van der Waals surface area contributed by atoms with E-state index in [0.717, 1.165) is 23.1 Å². The van der Waals surface area contributed by atoms with Gasteiger partial charge in [0.05, 0.1) is 10.7 Å². The van der Waals surface area contributed by atoms with Crippen LogP contribution in [-0.2, 0) is 6.54 Å². The summed E-state index contributed by atoms with van der Waals surface area (Å²) < 4.78 is 2.74. The van der Waals surface area contributed by atoms with Crippen LogP contribution in [0.2, 0.25) is 0 Å². The summed E-state index contributed by atoms with van der Waals surface area (Å²) >= 11 is 3.48. The van der Waals surface area contributed by atoms with Crippen molar-refractivity contribution >= 4 is 21.7 Å². The number of carbonyl (C=O) groups is 1. The number of aromatic nitrogens is 2. The van der Waals surface area contributed by atoms with Gasteiger partial charge in [-0.1, -0.05) is 19.8 Å². The molecule has 0 aliphatic heterocycles. The minimum absolute atomic E-state index is 0.288. The van der Waals surface area contributed by atoms with Gasteiger partial charge in [0, 0.05) is 12.5 Å². The number of hydrogen-bond donors (Lipinski definition) is 0. The molecule has 0 spiro atoms. The Hall–Kier alpha value is -0.640. The van der Waals surface area contributed by atoms with Crippen molar-refractivity contribution in [1.29, 1.82) is 0 Å². The van der Waals surface area contributed by atoms with E-state index in [2.05, 4.69) is 28.0 Å². The number of nitrogens with zero attached hydrogens (tertiary/aromatic N) is 2. The Morgan fingerprint density at radius 1 is 1.44 bits per heavy atom. The average molecular weight is 311 g/mol. The zero-order chi connectivity index (χ0) is 12.7. The van der Waals surface area contributed by atoms with Crippen LogP contribution in [0.1, 0.15) is 49.5 Å². The molecule has 2 unspecified atom stereocenters. The van der Waals surface area contributed by atoms with Crippen molar-refractivity contribution < 1.29 is 4.79 Å². The molecule has 2 aliphatic carbocycles. The fourth-order valence-corrected chi connectivity index (χ4v) is 4.02. The number of hydrogen-bond acceptors (Lipinski definition) is 2. The predicted molar refractivity (Wildman–Crippen MR) is 73.5 cm³/mol. The standard InChI is InChI=1S/C14H19BrN2O/c1-2-7-17-13(11(15)8-16-17)14(18)12-9-5-3-4-6-10(9)12/h8-10,12H,2-7H2,1H3. The summed E-state index contributed by atoms with van der Waals surface area (Å²) in [6, 6.07) is 0.